The maximum Gasteiger partial charge on any atom is 0.196 e. The van der Waals surface area contributed by atoms with Crippen LogP contribution in [0.2, 0.25) is 5.02 Å². The quantitative estimate of drug-likeness (QED) is 0.374. The summed E-state index contributed by atoms with van der Waals surface area (Å²) in [7, 11) is 0. The average Bonchev–Trinajstić information content (AvgIpc) is 3.29. The highest BCUT2D eigenvalue weighted by Crippen LogP contribution is 2.37. The van der Waals surface area contributed by atoms with E-state index in [9.17, 15) is 18.3 Å². The second-order valence-corrected chi connectivity index (χ2v) is 8.61. The standard InChI is InChI=1S/C22H20ClF3N4O2/c1-10(2)30-19(14-5-11-9-27-20(31)13(11)8-15(14)24)28-29-21(30)22(3,4)32-18-16(25)6-12(23)7-17(18)26/h5-10,27,31H,1-4H3. The summed E-state index contributed by atoms with van der Waals surface area (Å²) in [5.41, 5.74) is -1.18. The SMILES string of the molecule is CC(C)n1c(-c2cc3c[nH]c(O)c3cc2F)nnc1C(C)(C)Oc1c(F)cc(Cl)cc1F. The first kappa shape index (κ1) is 22.0. The lowest BCUT2D eigenvalue weighted by molar-refractivity contribution is 0.0814. The Labute approximate surface area is 186 Å². The van der Waals surface area contributed by atoms with Crippen LogP contribution in [0.15, 0.2) is 30.5 Å². The summed E-state index contributed by atoms with van der Waals surface area (Å²) in [6.45, 7) is 6.84. The number of ether oxygens (including phenoxy) is 1. The third-order valence-electron chi connectivity index (χ3n) is 5.07. The average molecular weight is 465 g/mol. The van der Waals surface area contributed by atoms with Crippen LogP contribution in [0.4, 0.5) is 13.2 Å². The van der Waals surface area contributed by atoms with Crippen LogP contribution >= 0.6 is 11.6 Å². The first-order valence-electron chi connectivity index (χ1n) is 9.78. The van der Waals surface area contributed by atoms with Gasteiger partial charge in [0.15, 0.2) is 40.5 Å². The lowest BCUT2D eigenvalue weighted by atomic mass is 10.1. The van der Waals surface area contributed by atoms with E-state index in [1.165, 1.54) is 6.07 Å². The van der Waals surface area contributed by atoms with Crippen LogP contribution < -0.4 is 4.74 Å². The van der Waals surface area contributed by atoms with Crippen molar-refractivity contribution in [2.45, 2.75) is 39.3 Å². The fraction of sp³-hybridized carbons (Fsp3) is 0.273. The molecule has 2 aromatic heterocycles. The minimum absolute atomic E-state index is 0.0977. The molecule has 0 atom stereocenters. The molecule has 32 heavy (non-hydrogen) atoms. The number of hydrogen-bond donors (Lipinski definition) is 2. The summed E-state index contributed by atoms with van der Waals surface area (Å²) >= 11 is 5.69. The number of nitrogens with zero attached hydrogens (tertiary/aromatic N) is 3. The number of benzene rings is 2. The highest BCUT2D eigenvalue weighted by molar-refractivity contribution is 6.30. The Morgan fingerprint density at radius 3 is 2.34 bits per heavy atom. The molecule has 0 radical (unpaired) electrons. The maximum absolute atomic E-state index is 15.0. The van der Waals surface area contributed by atoms with Crippen molar-refractivity contribution >= 4 is 22.4 Å². The van der Waals surface area contributed by atoms with Crippen molar-refractivity contribution in [2.75, 3.05) is 0 Å². The summed E-state index contributed by atoms with van der Waals surface area (Å²) < 4.78 is 50.9. The second kappa shape index (κ2) is 7.74. The number of fused-ring (bicyclic) bond motifs is 1. The zero-order valence-corrected chi connectivity index (χ0v) is 18.4. The number of aromatic amines is 1. The van der Waals surface area contributed by atoms with Crippen molar-refractivity contribution in [1.29, 1.82) is 0 Å². The third-order valence-corrected chi connectivity index (χ3v) is 5.29. The van der Waals surface area contributed by atoms with E-state index in [0.29, 0.717) is 10.8 Å². The van der Waals surface area contributed by atoms with Gasteiger partial charge < -0.3 is 19.4 Å². The first-order chi connectivity index (χ1) is 15.0. The van der Waals surface area contributed by atoms with E-state index in [0.717, 1.165) is 12.1 Å². The zero-order chi connectivity index (χ0) is 23.4. The molecule has 0 saturated carbocycles. The molecule has 0 amide bonds. The van der Waals surface area contributed by atoms with E-state index in [-0.39, 0.29) is 34.2 Å². The molecule has 4 aromatic rings. The van der Waals surface area contributed by atoms with Gasteiger partial charge in [0.05, 0.1) is 5.56 Å². The molecule has 2 N–H and O–H groups in total. The number of halogens is 4. The molecule has 0 aliphatic carbocycles. The van der Waals surface area contributed by atoms with Gasteiger partial charge in [0, 0.05) is 28.0 Å². The highest BCUT2D eigenvalue weighted by atomic mass is 35.5. The van der Waals surface area contributed by atoms with Crippen molar-refractivity contribution < 1.29 is 23.0 Å². The van der Waals surface area contributed by atoms with Crippen molar-refractivity contribution in [3.8, 4) is 23.0 Å². The van der Waals surface area contributed by atoms with E-state index in [2.05, 4.69) is 15.2 Å². The molecule has 168 valence electrons. The molecule has 0 fully saturated rings. The molecular formula is C22H20ClF3N4O2. The van der Waals surface area contributed by atoms with E-state index >= 15 is 0 Å². The minimum atomic E-state index is -1.34. The van der Waals surface area contributed by atoms with Crippen molar-refractivity contribution in [1.82, 2.24) is 19.7 Å². The van der Waals surface area contributed by atoms with Gasteiger partial charge in [-0.25, -0.2) is 13.2 Å². The third kappa shape index (κ3) is 3.66. The van der Waals surface area contributed by atoms with Crippen LogP contribution in [-0.4, -0.2) is 24.9 Å². The number of aromatic nitrogens is 4. The van der Waals surface area contributed by atoms with E-state index in [1.54, 1.807) is 30.7 Å². The van der Waals surface area contributed by atoms with Crippen molar-refractivity contribution in [3.63, 3.8) is 0 Å². The fourth-order valence-corrected chi connectivity index (χ4v) is 3.80. The Morgan fingerprint density at radius 2 is 1.72 bits per heavy atom. The smallest absolute Gasteiger partial charge is 0.196 e. The van der Waals surface area contributed by atoms with Gasteiger partial charge in [-0.05, 0) is 52.0 Å². The molecule has 0 bridgehead atoms. The fourth-order valence-electron chi connectivity index (χ4n) is 3.61. The largest absolute Gasteiger partial charge is 0.494 e. The summed E-state index contributed by atoms with van der Waals surface area (Å²) in [5, 5.41) is 19.0. The molecule has 0 saturated heterocycles. The molecule has 10 heteroatoms. The van der Waals surface area contributed by atoms with Crippen molar-refractivity contribution in [2.24, 2.45) is 0 Å². The van der Waals surface area contributed by atoms with Crippen LogP contribution in [0.5, 0.6) is 11.6 Å². The molecule has 0 spiro atoms. The maximum atomic E-state index is 15.0. The van der Waals surface area contributed by atoms with Crippen LogP contribution in [0.25, 0.3) is 22.2 Å². The second-order valence-electron chi connectivity index (χ2n) is 8.18. The predicted octanol–water partition coefficient (Wildman–Crippen LogP) is 6.10. The van der Waals surface area contributed by atoms with Gasteiger partial charge in [-0.1, -0.05) is 11.6 Å². The Hall–Kier alpha value is -3.20. The first-order valence-corrected chi connectivity index (χ1v) is 10.2. The van der Waals surface area contributed by atoms with Gasteiger partial charge in [0.2, 0.25) is 0 Å². The van der Waals surface area contributed by atoms with E-state index in [1.807, 2.05) is 13.8 Å². The monoisotopic (exact) mass is 464 g/mol. The highest BCUT2D eigenvalue weighted by Gasteiger charge is 2.34. The van der Waals surface area contributed by atoms with Crippen molar-refractivity contribution in [3.05, 3.63) is 58.8 Å². The minimum Gasteiger partial charge on any atom is -0.494 e. The van der Waals surface area contributed by atoms with E-state index < -0.39 is 28.8 Å². The molecule has 2 heterocycles. The summed E-state index contributed by atoms with van der Waals surface area (Å²) in [6, 6.07) is 4.40. The number of nitrogens with one attached hydrogen (secondary N) is 1. The van der Waals surface area contributed by atoms with E-state index in [4.69, 9.17) is 16.3 Å². The summed E-state index contributed by atoms with van der Waals surface area (Å²) in [4.78, 5) is 2.64. The van der Waals surface area contributed by atoms with Crippen LogP contribution in [0.3, 0.4) is 0 Å². The predicted molar refractivity (Wildman–Crippen MR) is 114 cm³/mol. The molecule has 0 aliphatic rings. The molecule has 0 aliphatic heterocycles. The van der Waals surface area contributed by atoms with Crippen LogP contribution in [-0.2, 0) is 5.60 Å². The van der Waals surface area contributed by atoms with Gasteiger partial charge >= 0.3 is 0 Å². The number of aromatic hydroxyl groups is 1. The summed E-state index contributed by atoms with van der Waals surface area (Å²) in [6.07, 6.45) is 1.55. The molecular weight excluding hydrogens is 445 g/mol. The molecule has 4 rings (SSSR count). The van der Waals surface area contributed by atoms with Gasteiger partial charge in [-0.2, -0.15) is 0 Å². The Morgan fingerprint density at radius 1 is 1.06 bits per heavy atom. The van der Waals surface area contributed by atoms with Crippen LogP contribution in [0, 0.1) is 17.5 Å². The number of H-pyrrole nitrogens is 1. The van der Waals surface area contributed by atoms with Gasteiger partial charge in [-0.3, -0.25) is 0 Å². The van der Waals surface area contributed by atoms with Crippen LogP contribution in [0.1, 0.15) is 39.6 Å². The molecule has 2 aromatic carbocycles. The number of rotatable bonds is 5. The Kier molecular flexibility index (Phi) is 5.32. The molecule has 6 nitrogen and oxygen atoms in total. The summed E-state index contributed by atoms with van der Waals surface area (Å²) in [5.74, 6) is -2.81. The Bertz CT molecular complexity index is 1310. The molecule has 0 unspecified atom stereocenters. The van der Waals surface area contributed by atoms with Gasteiger partial charge in [0.1, 0.15) is 5.82 Å². The topological polar surface area (TPSA) is 76.0 Å². The lowest BCUT2D eigenvalue weighted by Gasteiger charge is -2.28. The normalized spacial score (nSPS) is 12.2. The lowest BCUT2D eigenvalue weighted by Crippen LogP contribution is -2.31. The zero-order valence-electron chi connectivity index (χ0n) is 17.7. The van der Waals surface area contributed by atoms with Gasteiger partial charge in [0.25, 0.3) is 0 Å². The Balaban J connectivity index is 1.83. The number of hydrogen-bond acceptors (Lipinski definition) is 4. The van der Waals surface area contributed by atoms with Gasteiger partial charge in [-0.15, -0.1) is 10.2 Å².